The van der Waals surface area contributed by atoms with Crippen molar-refractivity contribution in [3.8, 4) is 0 Å². The van der Waals surface area contributed by atoms with Crippen LogP contribution in [0.15, 0.2) is 0 Å². The summed E-state index contributed by atoms with van der Waals surface area (Å²) in [5, 5.41) is 7.01. The van der Waals surface area contributed by atoms with Crippen LogP contribution in [0.1, 0.15) is 26.7 Å². The molecular formula is C8H19N3. The van der Waals surface area contributed by atoms with E-state index in [4.69, 9.17) is 11.1 Å². The minimum Gasteiger partial charge on any atom is -0.388 e. The summed E-state index contributed by atoms with van der Waals surface area (Å²) in [5.74, 6) is 0.303. The van der Waals surface area contributed by atoms with E-state index < -0.39 is 0 Å². The lowest BCUT2D eigenvalue weighted by atomic mass is 10.3. The first-order chi connectivity index (χ1) is 5.20. The molecule has 0 aromatic rings. The average Bonchev–Trinajstić information content (AvgIpc) is 1.98. The molecule has 0 radical (unpaired) electrons. The molecule has 0 aliphatic rings. The topological polar surface area (TPSA) is 53.1 Å². The summed E-state index contributed by atoms with van der Waals surface area (Å²) in [6.45, 7) is 7.55. The maximum absolute atomic E-state index is 7.01. The van der Waals surface area contributed by atoms with Gasteiger partial charge in [0.05, 0.1) is 5.84 Å². The molecule has 66 valence electrons. The first kappa shape index (κ1) is 10.4. The number of hydrogen-bond donors (Lipinski definition) is 2. The summed E-state index contributed by atoms with van der Waals surface area (Å²) >= 11 is 0. The van der Waals surface area contributed by atoms with Crippen LogP contribution in [-0.2, 0) is 0 Å². The molecule has 11 heavy (non-hydrogen) atoms. The molecule has 0 atom stereocenters. The Morgan fingerprint density at radius 1 is 1.36 bits per heavy atom. The molecule has 0 heterocycles. The third-order valence-corrected chi connectivity index (χ3v) is 1.81. The highest BCUT2D eigenvalue weighted by Crippen LogP contribution is 1.93. The lowest BCUT2D eigenvalue weighted by Crippen LogP contribution is -2.25. The average molecular weight is 157 g/mol. The summed E-state index contributed by atoms with van der Waals surface area (Å²) in [5.41, 5.74) is 5.23. The van der Waals surface area contributed by atoms with Crippen LogP contribution >= 0.6 is 0 Å². The van der Waals surface area contributed by atoms with Crippen LogP contribution in [0.4, 0.5) is 0 Å². The molecule has 0 saturated carbocycles. The second kappa shape index (κ2) is 6.16. The third kappa shape index (κ3) is 5.85. The summed E-state index contributed by atoms with van der Waals surface area (Å²) in [6.07, 6.45) is 1.74. The van der Waals surface area contributed by atoms with E-state index in [0.717, 1.165) is 32.5 Å². The Morgan fingerprint density at radius 2 is 1.91 bits per heavy atom. The largest absolute Gasteiger partial charge is 0.388 e. The van der Waals surface area contributed by atoms with Crippen LogP contribution in [0.2, 0.25) is 0 Å². The summed E-state index contributed by atoms with van der Waals surface area (Å²) in [6, 6.07) is 0. The van der Waals surface area contributed by atoms with Gasteiger partial charge in [-0.2, -0.15) is 0 Å². The van der Waals surface area contributed by atoms with Gasteiger partial charge in [-0.1, -0.05) is 13.8 Å². The summed E-state index contributed by atoms with van der Waals surface area (Å²) in [4.78, 5) is 2.34. The molecule has 0 amide bonds. The zero-order valence-corrected chi connectivity index (χ0v) is 7.56. The van der Waals surface area contributed by atoms with Gasteiger partial charge in [0.15, 0.2) is 0 Å². The molecule has 0 spiro atoms. The van der Waals surface area contributed by atoms with Crippen LogP contribution < -0.4 is 5.73 Å². The van der Waals surface area contributed by atoms with Crippen LogP contribution in [0, 0.1) is 5.41 Å². The minimum absolute atomic E-state index is 0.303. The second-order valence-corrected chi connectivity index (χ2v) is 2.66. The maximum atomic E-state index is 7.01. The number of nitrogens with zero attached hydrogens (tertiary/aromatic N) is 1. The molecule has 0 aromatic heterocycles. The fourth-order valence-corrected chi connectivity index (χ4v) is 1.03. The lowest BCUT2D eigenvalue weighted by Gasteiger charge is -2.16. The van der Waals surface area contributed by atoms with Gasteiger partial charge >= 0.3 is 0 Å². The SMILES string of the molecule is CCN(CC)CCCC(=N)N. The molecule has 0 bridgehead atoms. The molecule has 0 aromatic carbocycles. The van der Waals surface area contributed by atoms with Crippen molar-refractivity contribution < 1.29 is 0 Å². The van der Waals surface area contributed by atoms with Crippen molar-refractivity contribution in [2.24, 2.45) is 5.73 Å². The molecule has 0 aliphatic heterocycles. The zero-order valence-electron chi connectivity index (χ0n) is 7.56. The Labute approximate surface area is 69.1 Å². The number of hydrogen-bond acceptors (Lipinski definition) is 2. The van der Waals surface area contributed by atoms with Gasteiger partial charge in [0.25, 0.3) is 0 Å². The molecule has 0 unspecified atom stereocenters. The zero-order chi connectivity index (χ0) is 8.69. The van der Waals surface area contributed by atoms with E-state index >= 15 is 0 Å². The van der Waals surface area contributed by atoms with E-state index in [1.165, 1.54) is 0 Å². The van der Waals surface area contributed by atoms with Crippen LogP contribution in [0.5, 0.6) is 0 Å². The van der Waals surface area contributed by atoms with E-state index in [1.54, 1.807) is 0 Å². The molecule has 3 N–H and O–H groups in total. The van der Waals surface area contributed by atoms with Gasteiger partial charge in [0.2, 0.25) is 0 Å². The maximum Gasteiger partial charge on any atom is 0.0905 e. The second-order valence-electron chi connectivity index (χ2n) is 2.66. The first-order valence-electron chi connectivity index (χ1n) is 4.26. The van der Waals surface area contributed by atoms with Crippen molar-refractivity contribution >= 4 is 5.84 Å². The van der Waals surface area contributed by atoms with Gasteiger partial charge in [-0.15, -0.1) is 0 Å². The van der Waals surface area contributed by atoms with Gasteiger partial charge in [-0.3, -0.25) is 5.41 Å². The summed E-state index contributed by atoms with van der Waals surface area (Å²) < 4.78 is 0. The molecule has 0 saturated heterocycles. The Kier molecular flexibility index (Phi) is 5.84. The quantitative estimate of drug-likeness (QED) is 0.447. The van der Waals surface area contributed by atoms with Crippen molar-refractivity contribution in [3.05, 3.63) is 0 Å². The van der Waals surface area contributed by atoms with E-state index in [1.807, 2.05) is 0 Å². The highest BCUT2D eigenvalue weighted by Gasteiger charge is 1.97. The van der Waals surface area contributed by atoms with Crippen molar-refractivity contribution in [2.45, 2.75) is 26.7 Å². The van der Waals surface area contributed by atoms with Crippen molar-refractivity contribution in [3.63, 3.8) is 0 Å². The Morgan fingerprint density at radius 3 is 2.27 bits per heavy atom. The van der Waals surface area contributed by atoms with Gasteiger partial charge in [-0.25, -0.2) is 0 Å². The van der Waals surface area contributed by atoms with E-state index in [9.17, 15) is 0 Å². The van der Waals surface area contributed by atoms with Crippen molar-refractivity contribution in [1.82, 2.24) is 4.90 Å². The number of amidine groups is 1. The smallest absolute Gasteiger partial charge is 0.0905 e. The highest BCUT2D eigenvalue weighted by molar-refractivity contribution is 5.76. The van der Waals surface area contributed by atoms with Gasteiger partial charge in [-0.05, 0) is 26.1 Å². The molecule has 0 aliphatic carbocycles. The Balaban J connectivity index is 3.28. The van der Waals surface area contributed by atoms with Crippen molar-refractivity contribution in [1.29, 1.82) is 5.41 Å². The fraction of sp³-hybridized carbons (Fsp3) is 0.875. The first-order valence-corrected chi connectivity index (χ1v) is 4.26. The molecule has 3 nitrogen and oxygen atoms in total. The molecular weight excluding hydrogens is 138 g/mol. The highest BCUT2D eigenvalue weighted by atomic mass is 15.1. The Hall–Kier alpha value is -0.570. The van der Waals surface area contributed by atoms with Crippen LogP contribution in [0.3, 0.4) is 0 Å². The monoisotopic (exact) mass is 157 g/mol. The van der Waals surface area contributed by atoms with Gasteiger partial charge < -0.3 is 10.6 Å². The fourth-order valence-electron chi connectivity index (χ4n) is 1.03. The predicted octanol–water partition coefficient (Wildman–Crippen LogP) is 1.04. The number of nitrogens with two attached hydrogens (primary N) is 1. The standard InChI is InChI=1S/C8H19N3/c1-3-11(4-2)7-5-6-8(9)10/h3-7H2,1-2H3,(H3,9,10). The molecule has 0 fully saturated rings. The van der Waals surface area contributed by atoms with Gasteiger partial charge in [0, 0.05) is 6.42 Å². The summed E-state index contributed by atoms with van der Waals surface area (Å²) in [7, 11) is 0. The Bertz CT molecular complexity index is 108. The predicted molar refractivity (Wildman–Crippen MR) is 48.9 cm³/mol. The van der Waals surface area contributed by atoms with Crippen molar-refractivity contribution in [2.75, 3.05) is 19.6 Å². The van der Waals surface area contributed by atoms with Gasteiger partial charge in [0.1, 0.15) is 0 Å². The lowest BCUT2D eigenvalue weighted by molar-refractivity contribution is 0.302. The number of nitrogens with one attached hydrogen (secondary N) is 1. The normalized spacial score (nSPS) is 10.5. The molecule has 0 rings (SSSR count). The number of rotatable bonds is 6. The van der Waals surface area contributed by atoms with E-state index in [2.05, 4.69) is 18.7 Å². The van der Waals surface area contributed by atoms with Crippen LogP contribution in [-0.4, -0.2) is 30.4 Å². The van der Waals surface area contributed by atoms with Crippen LogP contribution in [0.25, 0.3) is 0 Å². The molecule has 3 heteroatoms. The third-order valence-electron chi connectivity index (χ3n) is 1.81. The van der Waals surface area contributed by atoms with E-state index in [0.29, 0.717) is 5.84 Å². The van der Waals surface area contributed by atoms with E-state index in [-0.39, 0.29) is 0 Å². The minimum atomic E-state index is 0.303.